The van der Waals surface area contributed by atoms with E-state index in [0.717, 1.165) is 17.7 Å². The van der Waals surface area contributed by atoms with E-state index in [1.54, 1.807) is 6.20 Å². The van der Waals surface area contributed by atoms with Crippen LogP contribution >= 0.6 is 11.8 Å². The van der Waals surface area contributed by atoms with Crippen LogP contribution in [0.1, 0.15) is 31.0 Å². The smallest absolute Gasteiger partial charge is 0.433 e. The summed E-state index contributed by atoms with van der Waals surface area (Å²) in [5.74, 6) is 0.127. The van der Waals surface area contributed by atoms with Crippen LogP contribution in [0.15, 0.2) is 46.9 Å². The lowest BCUT2D eigenvalue weighted by molar-refractivity contribution is -0.0925. The number of nitrogens with zero attached hydrogens (tertiary/aromatic N) is 2. The molecule has 0 saturated carbocycles. The Morgan fingerprint density at radius 3 is 2.83 bits per heavy atom. The highest BCUT2D eigenvalue weighted by Gasteiger charge is 2.34. The van der Waals surface area contributed by atoms with Gasteiger partial charge in [0.25, 0.3) is 0 Å². The van der Waals surface area contributed by atoms with Crippen LogP contribution < -0.4 is 0 Å². The number of rotatable bonds is 3. The fourth-order valence-electron chi connectivity index (χ4n) is 2.10. The SMILES string of the molecule is CCc1ncccc1CSC1=N/C(C(F)(F)F)=C\C(O)=C/CC1. The van der Waals surface area contributed by atoms with Gasteiger partial charge in [-0.1, -0.05) is 13.0 Å². The molecule has 0 saturated heterocycles. The molecule has 0 radical (unpaired) electrons. The monoisotopic (exact) mass is 342 g/mol. The van der Waals surface area contributed by atoms with Crippen LogP contribution in [0.3, 0.4) is 0 Å². The van der Waals surface area contributed by atoms with Crippen LogP contribution in [0.2, 0.25) is 0 Å². The van der Waals surface area contributed by atoms with Gasteiger partial charge in [0, 0.05) is 23.7 Å². The largest absolute Gasteiger partial charge is 0.508 e. The number of pyridine rings is 1. The van der Waals surface area contributed by atoms with E-state index in [4.69, 9.17) is 0 Å². The molecule has 1 aliphatic rings. The maximum Gasteiger partial charge on any atom is 0.433 e. The van der Waals surface area contributed by atoms with Crippen LogP contribution in [-0.2, 0) is 12.2 Å². The molecule has 0 aliphatic carbocycles. The second-order valence-electron chi connectivity index (χ2n) is 4.95. The molecule has 2 rings (SSSR count). The Bertz CT molecular complexity index is 651. The number of aryl methyl sites for hydroxylation is 1. The Balaban J connectivity index is 2.18. The van der Waals surface area contributed by atoms with Crippen LogP contribution in [0.5, 0.6) is 0 Å². The van der Waals surface area contributed by atoms with E-state index in [2.05, 4.69) is 9.98 Å². The Labute approximate surface area is 137 Å². The van der Waals surface area contributed by atoms with Gasteiger partial charge in [-0.25, -0.2) is 4.99 Å². The molecule has 124 valence electrons. The summed E-state index contributed by atoms with van der Waals surface area (Å²) >= 11 is 1.28. The van der Waals surface area contributed by atoms with E-state index in [9.17, 15) is 18.3 Å². The van der Waals surface area contributed by atoms with Crippen molar-refractivity contribution in [3.05, 3.63) is 53.2 Å². The van der Waals surface area contributed by atoms with Gasteiger partial charge in [-0.15, -0.1) is 11.8 Å². The number of aliphatic hydroxyl groups is 1. The van der Waals surface area contributed by atoms with Gasteiger partial charge in [0.1, 0.15) is 11.5 Å². The second kappa shape index (κ2) is 7.68. The molecule has 0 atom stereocenters. The standard InChI is InChI=1S/C16H17F3N2OS/c1-2-13-11(5-4-8-20-13)10-23-15-7-3-6-12(22)9-14(21-15)16(17,18)19/h4-6,8-9,22H,2-3,7,10H2,1H3/b12-6+,14-9-,21-15?. The van der Waals surface area contributed by atoms with Gasteiger partial charge in [-0.05, 0) is 37.0 Å². The third-order valence-electron chi connectivity index (χ3n) is 3.25. The quantitative estimate of drug-likeness (QED) is 0.845. The summed E-state index contributed by atoms with van der Waals surface area (Å²) < 4.78 is 38.9. The third-order valence-corrected chi connectivity index (χ3v) is 4.33. The van der Waals surface area contributed by atoms with Gasteiger partial charge >= 0.3 is 6.18 Å². The molecule has 2 heterocycles. The number of aliphatic imine (C=N–C) groups is 1. The zero-order valence-corrected chi connectivity index (χ0v) is 13.4. The zero-order valence-electron chi connectivity index (χ0n) is 12.6. The molecule has 1 aromatic rings. The van der Waals surface area contributed by atoms with Gasteiger partial charge in [-0.3, -0.25) is 4.98 Å². The van der Waals surface area contributed by atoms with E-state index in [-0.39, 0.29) is 0 Å². The number of thioether (sulfide) groups is 1. The molecule has 3 nitrogen and oxygen atoms in total. The van der Waals surface area contributed by atoms with Crippen molar-refractivity contribution in [2.24, 2.45) is 4.99 Å². The Morgan fingerprint density at radius 1 is 1.35 bits per heavy atom. The lowest BCUT2D eigenvalue weighted by atomic mass is 10.2. The molecule has 0 amide bonds. The van der Waals surface area contributed by atoms with Crippen molar-refractivity contribution in [3.8, 4) is 0 Å². The van der Waals surface area contributed by atoms with Gasteiger partial charge in [0.05, 0.1) is 5.04 Å². The molecule has 7 heteroatoms. The number of aliphatic hydroxyl groups excluding tert-OH is 1. The number of alkyl halides is 3. The molecule has 0 spiro atoms. The molecular weight excluding hydrogens is 325 g/mol. The number of halogens is 3. The fraction of sp³-hybridized carbons (Fsp3) is 0.375. The first kappa shape index (κ1) is 17.6. The third kappa shape index (κ3) is 5.13. The van der Waals surface area contributed by atoms with E-state index in [1.807, 2.05) is 19.1 Å². The van der Waals surface area contributed by atoms with Crippen molar-refractivity contribution in [3.63, 3.8) is 0 Å². The minimum atomic E-state index is -4.59. The molecule has 0 fully saturated rings. The predicted octanol–water partition coefficient (Wildman–Crippen LogP) is 4.96. The van der Waals surface area contributed by atoms with Crippen LogP contribution in [0.4, 0.5) is 13.2 Å². The van der Waals surface area contributed by atoms with Crippen molar-refractivity contribution in [1.82, 2.24) is 4.98 Å². The van der Waals surface area contributed by atoms with E-state index in [1.165, 1.54) is 17.8 Å². The minimum absolute atomic E-state index is 0.365. The summed E-state index contributed by atoms with van der Waals surface area (Å²) in [7, 11) is 0. The molecule has 0 bridgehead atoms. The van der Waals surface area contributed by atoms with Crippen LogP contribution in [0.25, 0.3) is 0 Å². The van der Waals surface area contributed by atoms with E-state index >= 15 is 0 Å². The average molecular weight is 342 g/mol. The maximum atomic E-state index is 13.0. The molecule has 1 N–H and O–H groups in total. The van der Waals surface area contributed by atoms with Crippen LogP contribution in [0, 0.1) is 0 Å². The van der Waals surface area contributed by atoms with Gasteiger partial charge in [0.2, 0.25) is 0 Å². The predicted molar refractivity (Wildman–Crippen MR) is 86.4 cm³/mol. The zero-order chi connectivity index (χ0) is 16.9. The average Bonchev–Trinajstić information content (AvgIpc) is 2.48. The molecule has 0 aromatic carbocycles. The molecule has 0 unspecified atom stereocenters. The number of hydrogen-bond acceptors (Lipinski definition) is 4. The first-order chi connectivity index (χ1) is 10.9. The first-order valence-corrected chi connectivity index (χ1v) is 8.20. The molecule has 1 aliphatic heterocycles. The van der Waals surface area contributed by atoms with Crippen molar-refractivity contribution in [2.45, 2.75) is 38.1 Å². The Kier molecular flexibility index (Phi) is 5.87. The summed E-state index contributed by atoms with van der Waals surface area (Å²) in [4.78, 5) is 7.99. The maximum absolute atomic E-state index is 13.0. The summed E-state index contributed by atoms with van der Waals surface area (Å²) in [5, 5.41) is 9.82. The molecule has 23 heavy (non-hydrogen) atoms. The van der Waals surface area contributed by atoms with Crippen molar-refractivity contribution < 1.29 is 18.3 Å². The fourth-order valence-corrected chi connectivity index (χ4v) is 3.11. The first-order valence-electron chi connectivity index (χ1n) is 7.21. The summed E-state index contributed by atoms with van der Waals surface area (Å²) in [5.41, 5.74) is 0.867. The Hall–Kier alpha value is -1.76. The van der Waals surface area contributed by atoms with Gasteiger partial charge in [-0.2, -0.15) is 13.2 Å². The number of allylic oxidation sites excluding steroid dienone is 3. The number of hydrogen-bond donors (Lipinski definition) is 1. The van der Waals surface area contributed by atoms with E-state index < -0.39 is 17.6 Å². The van der Waals surface area contributed by atoms with Gasteiger partial charge < -0.3 is 5.11 Å². The topological polar surface area (TPSA) is 45.5 Å². The normalized spacial score (nSPS) is 20.6. The Morgan fingerprint density at radius 2 is 2.13 bits per heavy atom. The summed E-state index contributed by atoms with van der Waals surface area (Å²) in [6.07, 6.45) is 0.750. The van der Waals surface area contributed by atoms with E-state index in [0.29, 0.717) is 29.7 Å². The highest BCUT2D eigenvalue weighted by Crippen LogP contribution is 2.31. The molecular formula is C16H17F3N2OS. The summed E-state index contributed by atoms with van der Waals surface area (Å²) in [6, 6.07) is 3.74. The highest BCUT2D eigenvalue weighted by molar-refractivity contribution is 8.13. The summed E-state index contributed by atoms with van der Waals surface area (Å²) in [6.45, 7) is 1.99. The van der Waals surface area contributed by atoms with Crippen molar-refractivity contribution in [2.75, 3.05) is 0 Å². The van der Waals surface area contributed by atoms with Crippen molar-refractivity contribution in [1.29, 1.82) is 0 Å². The highest BCUT2D eigenvalue weighted by atomic mass is 32.2. The van der Waals surface area contributed by atoms with Crippen LogP contribution in [-0.4, -0.2) is 21.3 Å². The lowest BCUT2D eigenvalue weighted by Crippen LogP contribution is -2.13. The molecule has 1 aromatic heterocycles. The lowest BCUT2D eigenvalue weighted by Gasteiger charge is -2.13. The van der Waals surface area contributed by atoms with Crippen molar-refractivity contribution >= 4 is 16.8 Å². The minimum Gasteiger partial charge on any atom is -0.508 e. The van der Waals surface area contributed by atoms with Gasteiger partial charge in [0.15, 0.2) is 0 Å². The number of aromatic nitrogens is 1. The second-order valence-corrected chi connectivity index (χ2v) is 6.00.